The lowest BCUT2D eigenvalue weighted by atomic mass is 9.97. The summed E-state index contributed by atoms with van der Waals surface area (Å²) in [6.45, 7) is 8.16. The van der Waals surface area contributed by atoms with Crippen LogP contribution in [0.15, 0.2) is 21.5 Å². The number of fused-ring (bicyclic) bond motifs is 1. The number of likely N-dealkylation sites (tertiary alicyclic amines) is 1. The van der Waals surface area contributed by atoms with Crippen LogP contribution in [-0.4, -0.2) is 102 Å². The molecule has 2 fully saturated rings. The number of nitrogens with two attached hydrogens (primary N) is 1. The van der Waals surface area contributed by atoms with Crippen LogP contribution in [0, 0.1) is 0 Å². The zero-order valence-electron chi connectivity index (χ0n) is 21.5. The third-order valence-corrected chi connectivity index (χ3v) is 8.25. The van der Waals surface area contributed by atoms with Gasteiger partial charge in [0.05, 0.1) is 26.1 Å². The molecule has 4 rings (SSSR count). The number of carboxylic acid groups (broad SMARTS) is 1. The molecule has 3 N–H and O–H groups in total. The molecule has 0 radical (unpaired) electrons. The number of likely N-dealkylation sites (N-methyl/N-ethyl adjacent to an activating group) is 1. The highest BCUT2D eigenvalue weighted by atomic mass is 32.2. The van der Waals surface area contributed by atoms with E-state index in [1.165, 1.54) is 23.8 Å². The van der Waals surface area contributed by atoms with Gasteiger partial charge in [0.25, 0.3) is 5.91 Å². The molecule has 1 unspecified atom stereocenters. The van der Waals surface area contributed by atoms with Crippen LogP contribution in [-0.2, 0) is 24.0 Å². The lowest BCUT2D eigenvalue weighted by molar-refractivity contribution is -0.893. The van der Waals surface area contributed by atoms with Gasteiger partial charge in [-0.3, -0.25) is 9.59 Å². The molecule has 0 aliphatic carbocycles. The number of anilines is 1. The number of nitrogens with one attached hydrogen (secondary N) is 1. The molecule has 3 aliphatic heterocycles. The second kappa shape index (κ2) is 12.7. The Kier molecular flexibility index (Phi) is 9.93. The minimum absolute atomic E-state index is 0.119. The predicted octanol–water partition coefficient (Wildman–Crippen LogP) is -0.239. The lowest BCUT2D eigenvalue weighted by Crippen LogP contribution is -2.75. The van der Waals surface area contributed by atoms with Gasteiger partial charge in [0.1, 0.15) is 36.8 Å². The quantitative estimate of drug-likeness (QED) is 0.182. The summed E-state index contributed by atoms with van der Waals surface area (Å²) < 4.78 is 5.58. The fourth-order valence-electron chi connectivity index (χ4n) is 4.63. The number of quaternary nitrogens is 1. The fraction of sp³-hybridized carbons (Fsp3) is 0.609. The van der Waals surface area contributed by atoms with Crippen LogP contribution in [0.2, 0.25) is 0 Å². The van der Waals surface area contributed by atoms with Crippen molar-refractivity contribution in [1.29, 1.82) is 0 Å². The van der Waals surface area contributed by atoms with Crippen LogP contribution < -0.4 is 16.2 Å². The molecule has 3 aliphatic rings. The normalized spacial score (nSPS) is 24.3. The van der Waals surface area contributed by atoms with Gasteiger partial charge in [0.15, 0.2) is 10.8 Å². The SMILES string of the molecule is CCOCC.CO/N=C(\C(=O)N[C@@H]1C(=O)N2C(C(=O)[O-])C(C[N+]3(C)CCCC3)=CS[C@@H]12)c1csc(N)n1. The van der Waals surface area contributed by atoms with Gasteiger partial charge in [-0.2, -0.15) is 0 Å². The van der Waals surface area contributed by atoms with Gasteiger partial charge in [-0.05, 0) is 19.3 Å². The molecule has 0 aromatic carbocycles. The summed E-state index contributed by atoms with van der Waals surface area (Å²) in [7, 11) is 3.39. The average molecular weight is 555 g/mol. The fourth-order valence-corrected chi connectivity index (χ4v) is 6.39. The molecule has 4 heterocycles. The van der Waals surface area contributed by atoms with Gasteiger partial charge < -0.3 is 39.9 Å². The molecule has 2 saturated heterocycles. The topological polar surface area (TPSA) is 159 Å². The number of β-lactam (4-membered cyclic amide) rings is 1. The Bertz CT molecular complexity index is 1050. The Morgan fingerprint density at radius 1 is 1.32 bits per heavy atom. The number of carbonyl (C=O) groups excluding carboxylic acids is 3. The molecular weight excluding hydrogens is 520 g/mol. The summed E-state index contributed by atoms with van der Waals surface area (Å²) in [5.74, 6) is -2.45. The van der Waals surface area contributed by atoms with E-state index in [4.69, 9.17) is 15.3 Å². The van der Waals surface area contributed by atoms with E-state index in [9.17, 15) is 19.5 Å². The van der Waals surface area contributed by atoms with Crippen molar-refractivity contribution < 1.29 is 33.5 Å². The number of oxime groups is 1. The number of carbonyl (C=O) groups is 3. The highest BCUT2D eigenvalue weighted by molar-refractivity contribution is 8.03. The average Bonchev–Trinajstić information content (AvgIpc) is 3.49. The van der Waals surface area contributed by atoms with E-state index in [0.717, 1.165) is 55.0 Å². The smallest absolute Gasteiger partial charge is 0.276 e. The van der Waals surface area contributed by atoms with Crippen molar-refractivity contribution >= 4 is 51.7 Å². The number of carboxylic acids is 1. The number of ether oxygens (including phenoxy) is 1. The van der Waals surface area contributed by atoms with E-state index in [1.807, 2.05) is 13.8 Å². The largest absolute Gasteiger partial charge is 0.548 e. The summed E-state index contributed by atoms with van der Waals surface area (Å²) in [4.78, 5) is 47.7. The van der Waals surface area contributed by atoms with Crippen molar-refractivity contribution in [2.45, 2.75) is 44.1 Å². The van der Waals surface area contributed by atoms with Crippen LogP contribution >= 0.6 is 23.1 Å². The predicted molar refractivity (Wildman–Crippen MR) is 139 cm³/mol. The first-order valence-electron chi connectivity index (χ1n) is 12.1. The Morgan fingerprint density at radius 2 is 2.00 bits per heavy atom. The molecule has 14 heteroatoms. The maximum Gasteiger partial charge on any atom is 0.276 e. The molecule has 1 aromatic rings. The van der Waals surface area contributed by atoms with E-state index < -0.39 is 35.2 Å². The number of aliphatic carboxylic acids is 1. The molecular formula is C23H34N6O6S2. The summed E-state index contributed by atoms with van der Waals surface area (Å²) in [6.07, 6.45) is 2.20. The highest BCUT2D eigenvalue weighted by Crippen LogP contribution is 2.40. The maximum absolute atomic E-state index is 12.9. The van der Waals surface area contributed by atoms with E-state index in [1.54, 1.807) is 10.8 Å². The number of nitrogen functional groups attached to an aromatic ring is 1. The Hall–Kier alpha value is -2.68. The summed E-state index contributed by atoms with van der Waals surface area (Å²) in [5, 5.41) is 21.4. The third kappa shape index (κ3) is 6.61. The Balaban J connectivity index is 0.000000695. The van der Waals surface area contributed by atoms with Crippen molar-refractivity contribution in [3.05, 3.63) is 22.1 Å². The first-order valence-corrected chi connectivity index (χ1v) is 13.9. The summed E-state index contributed by atoms with van der Waals surface area (Å²) in [6, 6.07) is -2.04. The number of rotatable bonds is 9. The molecule has 0 spiro atoms. The first kappa shape index (κ1) is 28.9. The van der Waals surface area contributed by atoms with E-state index in [-0.39, 0.29) is 16.5 Å². The number of hydrogen-bond donors (Lipinski definition) is 2. The molecule has 0 bridgehead atoms. The number of hydrogen-bond acceptors (Lipinski definition) is 11. The molecule has 3 atom stereocenters. The second-order valence-electron chi connectivity index (χ2n) is 9.04. The maximum atomic E-state index is 12.9. The number of thioether (sulfide) groups is 1. The van der Waals surface area contributed by atoms with Crippen molar-refractivity contribution in [2.75, 3.05) is 52.7 Å². The zero-order valence-corrected chi connectivity index (χ0v) is 23.1. The number of aromatic nitrogens is 1. The monoisotopic (exact) mass is 554 g/mol. The first-order chi connectivity index (χ1) is 17.7. The molecule has 37 heavy (non-hydrogen) atoms. The standard InChI is InChI=1S/C19H24N6O5S2.C4H10O/c1-25(5-3-4-6-25)7-10-8-31-17-13(16(27)24(17)14(10)18(28)29)22-15(26)12(23-30-2)11-9-32-19(20)21-11;1-3-5-4-2/h8-9,13-14,17H,3-7H2,1-2H3,(H3-,20,21,22,26,28,29);3-4H2,1-2H3/b23-12-;/t13-,14?,17+;/m1./s1. The van der Waals surface area contributed by atoms with Gasteiger partial charge in [0, 0.05) is 37.0 Å². The van der Waals surface area contributed by atoms with E-state index in [2.05, 4.69) is 22.5 Å². The zero-order chi connectivity index (χ0) is 27.2. The van der Waals surface area contributed by atoms with E-state index >= 15 is 0 Å². The Labute approximate surface area is 224 Å². The van der Waals surface area contributed by atoms with Crippen LogP contribution in [0.5, 0.6) is 0 Å². The van der Waals surface area contributed by atoms with Crippen molar-refractivity contribution in [1.82, 2.24) is 15.2 Å². The third-order valence-electron chi connectivity index (χ3n) is 6.36. The van der Waals surface area contributed by atoms with Gasteiger partial charge >= 0.3 is 0 Å². The van der Waals surface area contributed by atoms with Crippen molar-refractivity contribution in [3.63, 3.8) is 0 Å². The number of nitrogens with zero attached hydrogens (tertiary/aromatic N) is 4. The van der Waals surface area contributed by atoms with Crippen molar-refractivity contribution in [3.8, 4) is 0 Å². The Morgan fingerprint density at radius 3 is 2.51 bits per heavy atom. The molecule has 0 saturated carbocycles. The van der Waals surface area contributed by atoms with Crippen LogP contribution in [0.1, 0.15) is 32.4 Å². The van der Waals surface area contributed by atoms with Gasteiger partial charge in [-0.1, -0.05) is 5.16 Å². The van der Waals surface area contributed by atoms with Gasteiger partial charge in [-0.15, -0.1) is 23.1 Å². The minimum atomic E-state index is -1.31. The van der Waals surface area contributed by atoms with Crippen molar-refractivity contribution in [2.24, 2.45) is 5.16 Å². The molecule has 1 aromatic heterocycles. The summed E-state index contributed by atoms with van der Waals surface area (Å²) in [5.41, 5.74) is 6.40. The second-order valence-corrected chi connectivity index (χ2v) is 10.9. The molecule has 2 amide bonds. The van der Waals surface area contributed by atoms with Crippen LogP contribution in [0.25, 0.3) is 0 Å². The minimum Gasteiger partial charge on any atom is -0.548 e. The number of amides is 2. The summed E-state index contributed by atoms with van der Waals surface area (Å²) >= 11 is 2.46. The lowest BCUT2D eigenvalue weighted by Gasteiger charge is -2.53. The molecule has 204 valence electrons. The van der Waals surface area contributed by atoms with E-state index in [0.29, 0.717) is 12.1 Å². The van der Waals surface area contributed by atoms with Crippen LogP contribution in [0.3, 0.4) is 0 Å². The highest BCUT2D eigenvalue weighted by Gasteiger charge is 2.55. The van der Waals surface area contributed by atoms with Crippen LogP contribution in [0.4, 0.5) is 5.13 Å². The molecule has 12 nitrogen and oxygen atoms in total. The number of thiazole rings is 1. The van der Waals surface area contributed by atoms with Gasteiger partial charge in [-0.25, -0.2) is 4.98 Å². The van der Waals surface area contributed by atoms with Gasteiger partial charge in [0.2, 0.25) is 5.91 Å².